The molecular weight excluding hydrogens is 404 g/mol. The number of aromatic nitrogens is 7. The largest absolute Gasteiger partial charge is 0.338 e. The van der Waals surface area contributed by atoms with Crippen molar-refractivity contribution in [3.8, 4) is 11.4 Å². The molecule has 0 bridgehead atoms. The van der Waals surface area contributed by atoms with Crippen LogP contribution in [0.1, 0.15) is 38.3 Å². The first kappa shape index (κ1) is 20.5. The molecule has 3 aromatic heterocycles. The first-order chi connectivity index (χ1) is 15.6. The molecule has 0 spiro atoms. The third-order valence-corrected chi connectivity index (χ3v) is 5.84. The van der Waals surface area contributed by atoms with E-state index in [0.717, 1.165) is 55.1 Å². The molecule has 0 amide bonds. The van der Waals surface area contributed by atoms with Crippen LogP contribution in [0.25, 0.3) is 16.9 Å². The van der Waals surface area contributed by atoms with Crippen molar-refractivity contribution in [1.29, 1.82) is 0 Å². The van der Waals surface area contributed by atoms with Crippen molar-refractivity contribution in [3.05, 3.63) is 48.4 Å². The Bertz CT molecular complexity index is 1200. The van der Waals surface area contributed by atoms with Gasteiger partial charge in [0.2, 0.25) is 5.82 Å². The molecule has 166 valence electrons. The second-order valence-electron chi connectivity index (χ2n) is 8.59. The normalized spacial score (nSPS) is 15.6. The minimum Gasteiger partial charge on any atom is -0.338 e. The van der Waals surface area contributed by atoms with Crippen LogP contribution in [0, 0.1) is 0 Å². The smallest absolute Gasteiger partial charge is 0.205 e. The van der Waals surface area contributed by atoms with Crippen molar-refractivity contribution in [3.63, 3.8) is 0 Å². The number of benzene rings is 1. The number of rotatable bonds is 6. The van der Waals surface area contributed by atoms with Crippen molar-refractivity contribution in [1.82, 2.24) is 39.7 Å². The Morgan fingerprint density at radius 3 is 2.81 bits per heavy atom. The zero-order chi connectivity index (χ0) is 22.1. The average molecular weight is 433 g/mol. The maximum absolute atomic E-state index is 6.07. The highest BCUT2D eigenvalue weighted by Crippen LogP contribution is 2.27. The van der Waals surface area contributed by atoms with Crippen molar-refractivity contribution in [2.75, 3.05) is 18.4 Å². The summed E-state index contributed by atoms with van der Waals surface area (Å²) in [5, 5.41) is 20.7. The van der Waals surface area contributed by atoms with E-state index in [1.54, 1.807) is 11.1 Å². The minimum absolute atomic E-state index is 0.162. The Kier molecular flexibility index (Phi) is 5.54. The first-order valence-corrected chi connectivity index (χ1v) is 11.0. The van der Waals surface area contributed by atoms with Crippen LogP contribution in [0.5, 0.6) is 0 Å². The van der Waals surface area contributed by atoms with E-state index in [9.17, 15) is 0 Å². The van der Waals surface area contributed by atoms with E-state index in [-0.39, 0.29) is 6.04 Å². The summed E-state index contributed by atoms with van der Waals surface area (Å²) in [7, 11) is 0. The van der Waals surface area contributed by atoms with E-state index in [1.165, 1.54) is 5.56 Å². The van der Waals surface area contributed by atoms with E-state index in [4.69, 9.17) is 5.73 Å². The predicted molar refractivity (Wildman–Crippen MR) is 122 cm³/mol. The molecule has 0 atom stereocenters. The lowest BCUT2D eigenvalue weighted by Gasteiger charge is -2.29. The van der Waals surface area contributed by atoms with E-state index in [1.807, 2.05) is 48.8 Å². The van der Waals surface area contributed by atoms with E-state index in [0.29, 0.717) is 11.9 Å². The van der Waals surface area contributed by atoms with Gasteiger partial charge < -0.3 is 11.1 Å². The van der Waals surface area contributed by atoms with Crippen LogP contribution in [0.2, 0.25) is 0 Å². The van der Waals surface area contributed by atoms with Gasteiger partial charge in [0.15, 0.2) is 5.82 Å². The Hall–Kier alpha value is -3.37. The van der Waals surface area contributed by atoms with E-state index in [2.05, 4.69) is 41.8 Å². The molecule has 0 saturated carbocycles. The van der Waals surface area contributed by atoms with E-state index < -0.39 is 0 Å². The molecule has 32 heavy (non-hydrogen) atoms. The number of tetrazole rings is 1. The number of nitrogens with two attached hydrogens (primary N) is 1. The Labute approximate surface area is 186 Å². The van der Waals surface area contributed by atoms with Gasteiger partial charge in [-0.25, -0.2) is 9.50 Å². The number of hydrogen-bond acceptors (Lipinski definition) is 8. The number of fused-ring (bicyclic) bond motifs is 1. The van der Waals surface area contributed by atoms with Gasteiger partial charge in [-0.05, 0) is 68.8 Å². The maximum Gasteiger partial charge on any atom is 0.205 e. The summed E-state index contributed by atoms with van der Waals surface area (Å²) in [4.78, 5) is 8.60. The van der Waals surface area contributed by atoms with Crippen LogP contribution in [-0.2, 0) is 6.54 Å². The number of anilines is 2. The van der Waals surface area contributed by atoms with Crippen LogP contribution in [0.15, 0.2) is 42.9 Å². The fourth-order valence-corrected chi connectivity index (χ4v) is 4.02. The quantitative estimate of drug-likeness (QED) is 0.478. The fraction of sp³-hybridized carbons (Fsp3) is 0.409. The van der Waals surface area contributed by atoms with Crippen LogP contribution in [0.3, 0.4) is 0 Å². The summed E-state index contributed by atoms with van der Waals surface area (Å²) in [6, 6.07) is 10.6. The first-order valence-electron chi connectivity index (χ1n) is 11.0. The Balaban J connectivity index is 1.41. The molecule has 1 aromatic carbocycles. The summed E-state index contributed by atoms with van der Waals surface area (Å²) >= 11 is 0. The van der Waals surface area contributed by atoms with Crippen molar-refractivity contribution in [2.45, 2.75) is 45.3 Å². The van der Waals surface area contributed by atoms with Gasteiger partial charge in [0, 0.05) is 30.0 Å². The van der Waals surface area contributed by atoms with Crippen molar-refractivity contribution >= 4 is 17.0 Å². The minimum atomic E-state index is 0.162. The fourth-order valence-electron chi connectivity index (χ4n) is 4.02. The topological polar surface area (TPSA) is 115 Å². The third kappa shape index (κ3) is 4.19. The SMILES string of the molecule is CC(C)n1nnc(-c2cccc(Nc3ncnn4ccc(CN5CCC(N)CC5)c34)c2)n1. The highest BCUT2D eigenvalue weighted by atomic mass is 15.6. The molecule has 0 radical (unpaired) electrons. The molecule has 1 aliphatic rings. The number of nitrogens with one attached hydrogen (secondary N) is 1. The summed E-state index contributed by atoms with van der Waals surface area (Å²) < 4.78 is 1.87. The number of likely N-dealkylation sites (tertiary alicyclic amines) is 1. The van der Waals surface area contributed by atoms with Gasteiger partial charge in [0.05, 0.1) is 6.04 Å². The molecule has 10 nitrogen and oxygen atoms in total. The molecule has 0 unspecified atom stereocenters. The van der Waals surface area contributed by atoms with Crippen LogP contribution < -0.4 is 11.1 Å². The van der Waals surface area contributed by atoms with Gasteiger partial charge in [-0.1, -0.05) is 12.1 Å². The lowest BCUT2D eigenvalue weighted by Crippen LogP contribution is -2.39. The number of hydrogen-bond donors (Lipinski definition) is 2. The Morgan fingerprint density at radius 2 is 2.03 bits per heavy atom. The second kappa shape index (κ2) is 8.64. The predicted octanol–water partition coefficient (Wildman–Crippen LogP) is 2.63. The van der Waals surface area contributed by atoms with E-state index >= 15 is 0 Å². The number of piperidine rings is 1. The van der Waals surface area contributed by atoms with Gasteiger partial charge in [-0.15, -0.1) is 10.2 Å². The highest BCUT2D eigenvalue weighted by molar-refractivity contribution is 5.77. The summed E-state index contributed by atoms with van der Waals surface area (Å²) in [6.45, 7) is 6.93. The van der Waals surface area contributed by atoms with Gasteiger partial charge in [0.1, 0.15) is 11.8 Å². The van der Waals surface area contributed by atoms with Gasteiger partial charge in [-0.3, -0.25) is 4.90 Å². The lowest BCUT2D eigenvalue weighted by molar-refractivity contribution is 0.206. The molecule has 0 aliphatic carbocycles. The second-order valence-corrected chi connectivity index (χ2v) is 8.59. The van der Waals surface area contributed by atoms with Gasteiger partial charge >= 0.3 is 0 Å². The standard InChI is InChI=1S/C22H28N10/c1-15(2)32-28-21(27-29-32)16-4-3-5-19(12-16)26-22-20-17(6-11-31(20)25-14-24-22)13-30-9-7-18(23)8-10-30/h3-6,11-12,14-15,18H,7-10,13,23H2,1-2H3,(H,24,25,26). The molecule has 1 fully saturated rings. The molecular formula is C22H28N10. The molecule has 4 aromatic rings. The zero-order valence-corrected chi connectivity index (χ0v) is 18.4. The van der Waals surface area contributed by atoms with Crippen LogP contribution in [-0.4, -0.2) is 58.8 Å². The summed E-state index contributed by atoms with van der Waals surface area (Å²) in [5.74, 6) is 1.37. The van der Waals surface area contributed by atoms with Crippen molar-refractivity contribution in [2.24, 2.45) is 5.73 Å². The summed E-state index contributed by atoms with van der Waals surface area (Å²) in [6.07, 6.45) is 5.63. The highest BCUT2D eigenvalue weighted by Gasteiger charge is 2.19. The maximum atomic E-state index is 6.07. The van der Waals surface area contributed by atoms with Gasteiger partial charge in [-0.2, -0.15) is 9.90 Å². The molecule has 1 saturated heterocycles. The molecule has 3 N–H and O–H groups in total. The van der Waals surface area contributed by atoms with Crippen LogP contribution >= 0.6 is 0 Å². The zero-order valence-electron chi connectivity index (χ0n) is 18.4. The molecule has 1 aliphatic heterocycles. The third-order valence-electron chi connectivity index (χ3n) is 5.84. The summed E-state index contributed by atoms with van der Waals surface area (Å²) in [5.41, 5.74) is 10.0. The number of nitrogens with zero attached hydrogens (tertiary/aromatic N) is 8. The monoisotopic (exact) mass is 432 g/mol. The van der Waals surface area contributed by atoms with Crippen LogP contribution in [0.4, 0.5) is 11.5 Å². The molecule has 10 heteroatoms. The van der Waals surface area contributed by atoms with Gasteiger partial charge in [0.25, 0.3) is 0 Å². The lowest BCUT2D eigenvalue weighted by atomic mass is 10.1. The Morgan fingerprint density at radius 1 is 1.19 bits per heavy atom. The molecule has 4 heterocycles. The average Bonchev–Trinajstić information content (AvgIpc) is 3.44. The molecule has 5 rings (SSSR count). The van der Waals surface area contributed by atoms with Crippen molar-refractivity contribution < 1.29 is 0 Å².